The first kappa shape index (κ1) is 21.5. The number of thiocarbonyl (C=S) groups is 1. The number of amides is 1. The number of hydrogen-bond donors (Lipinski definition) is 2. The third-order valence-corrected chi connectivity index (χ3v) is 3.67. The Bertz CT molecular complexity index is 864. The van der Waals surface area contributed by atoms with Crippen molar-refractivity contribution in [1.82, 2.24) is 0 Å². The molecule has 0 atom stereocenters. The highest BCUT2D eigenvalue weighted by molar-refractivity contribution is 7.82. The second kappa shape index (κ2) is 8.05. The van der Waals surface area contributed by atoms with Crippen molar-refractivity contribution in [3.63, 3.8) is 0 Å². The number of rotatable bonds is 3. The summed E-state index contributed by atoms with van der Waals surface area (Å²) in [6.07, 6.45) is -10.1. The number of anilines is 2. The van der Waals surface area contributed by atoms with Crippen LogP contribution in [0.1, 0.15) is 11.1 Å². The van der Waals surface area contributed by atoms with E-state index in [1.165, 1.54) is 19.2 Å². The highest BCUT2D eigenvalue weighted by atomic mass is 32.1. The van der Waals surface area contributed by atoms with E-state index in [2.05, 4.69) is 5.32 Å². The summed E-state index contributed by atoms with van der Waals surface area (Å²) in [4.78, 5) is 11.6. The van der Waals surface area contributed by atoms with Crippen LogP contribution in [0.4, 0.5) is 37.7 Å². The first-order valence-corrected chi connectivity index (χ1v) is 7.87. The molecule has 0 unspecified atom stereocenters. The van der Waals surface area contributed by atoms with Gasteiger partial charge in [0.1, 0.15) is 5.75 Å². The number of carbonyl (C=O) groups is 1. The average Bonchev–Trinajstić information content (AvgIpc) is 2.60. The standard InChI is InChI=1S/C17H12F6N2O2S/c1-27-13-4-2-3-11(8-13)25-15(28)14(26)24-12-6-9(16(18,19)20)5-10(7-12)17(21,22)23/h2-8H,1H3,(H,24,26)(H,25,28). The maximum Gasteiger partial charge on any atom is 0.416 e. The molecule has 2 rings (SSSR count). The molecule has 1 amide bonds. The van der Waals surface area contributed by atoms with Crippen LogP contribution >= 0.6 is 12.2 Å². The van der Waals surface area contributed by atoms with Crippen molar-refractivity contribution in [1.29, 1.82) is 0 Å². The smallest absolute Gasteiger partial charge is 0.416 e. The van der Waals surface area contributed by atoms with Gasteiger partial charge in [0.25, 0.3) is 5.91 Å². The molecule has 0 saturated heterocycles. The Morgan fingerprint density at radius 3 is 1.96 bits per heavy atom. The van der Waals surface area contributed by atoms with Crippen LogP contribution in [0.5, 0.6) is 5.75 Å². The Morgan fingerprint density at radius 2 is 1.46 bits per heavy atom. The number of hydrogen-bond acceptors (Lipinski definition) is 3. The second-order valence-electron chi connectivity index (χ2n) is 5.43. The molecule has 0 aliphatic carbocycles. The van der Waals surface area contributed by atoms with Gasteiger partial charge in [0.15, 0.2) is 4.99 Å². The third-order valence-electron chi connectivity index (χ3n) is 3.38. The van der Waals surface area contributed by atoms with Gasteiger partial charge in [0, 0.05) is 17.4 Å². The van der Waals surface area contributed by atoms with Crippen molar-refractivity contribution in [2.75, 3.05) is 17.7 Å². The van der Waals surface area contributed by atoms with Crippen molar-refractivity contribution < 1.29 is 35.9 Å². The zero-order chi connectivity index (χ0) is 21.1. The molecule has 2 N–H and O–H groups in total. The van der Waals surface area contributed by atoms with Crippen LogP contribution in [0.3, 0.4) is 0 Å². The minimum atomic E-state index is -5.03. The summed E-state index contributed by atoms with van der Waals surface area (Å²) in [6.45, 7) is 0. The molecule has 0 aromatic heterocycles. The fraction of sp³-hybridized carbons (Fsp3) is 0.176. The van der Waals surface area contributed by atoms with Crippen LogP contribution in [0.2, 0.25) is 0 Å². The molecule has 150 valence electrons. The molecule has 2 aromatic rings. The fourth-order valence-electron chi connectivity index (χ4n) is 2.10. The van der Waals surface area contributed by atoms with Gasteiger partial charge in [-0.25, -0.2) is 0 Å². The number of nitrogens with one attached hydrogen (secondary N) is 2. The van der Waals surface area contributed by atoms with Gasteiger partial charge in [-0.15, -0.1) is 0 Å². The summed E-state index contributed by atoms with van der Waals surface area (Å²) in [5.41, 5.74) is -3.45. The van der Waals surface area contributed by atoms with Gasteiger partial charge in [-0.3, -0.25) is 4.79 Å². The fourth-order valence-corrected chi connectivity index (χ4v) is 2.27. The predicted octanol–water partition coefficient (Wildman–Crippen LogP) is 5.11. The number of carbonyl (C=O) groups excluding carboxylic acids is 1. The van der Waals surface area contributed by atoms with Gasteiger partial charge in [0.05, 0.1) is 18.2 Å². The summed E-state index contributed by atoms with van der Waals surface area (Å²) in [6, 6.07) is 6.98. The first-order valence-electron chi connectivity index (χ1n) is 7.46. The van der Waals surface area contributed by atoms with Crippen LogP contribution in [-0.4, -0.2) is 18.0 Å². The van der Waals surface area contributed by atoms with Gasteiger partial charge >= 0.3 is 12.4 Å². The Hall–Kier alpha value is -2.82. The zero-order valence-electron chi connectivity index (χ0n) is 14.0. The van der Waals surface area contributed by atoms with Crippen molar-refractivity contribution in [2.24, 2.45) is 0 Å². The molecule has 28 heavy (non-hydrogen) atoms. The van der Waals surface area contributed by atoms with E-state index >= 15 is 0 Å². The average molecular weight is 422 g/mol. The lowest BCUT2D eigenvalue weighted by Crippen LogP contribution is -2.27. The summed E-state index contributed by atoms with van der Waals surface area (Å²) < 4.78 is 82.2. The van der Waals surface area contributed by atoms with E-state index in [4.69, 9.17) is 17.0 Å². The number of ether oxygens (including phenoxy) is 1. The van der Waals surface area contributed by atoms with Crippen LogP contribution in [0.25, 0.3) is 0 Å². The SMILES string of the molecule is COc1cccc(NC(=S)C(=O)Nc2cc(C(F)(F)F)cc(C(F)(F)F)c2)c1. The molecular formula is C17H12F6N2O2S. The number of methoxy groups -OCH3 is 1. The molecule has 0 bridgehead atoms. The normalized spacial score (nSPS) is 11.7. The lowest BCUT2D eigenvalue weighted by Gasteiger charge is -2.15. The molecule has 0 fully saturated rings. The summed E-state index contributed by atoms with van der Waals surface area (Å²) in [7, 11) is 1.41. The van der Waals surface area contributed by atoms with E-state index in [1.54, 1.807) is 12.1 Å². The van der Waals surface area contributed by atoms with Gasteiger partial charge in [-0.05, 0) is 30.3 Å². The molecule has 0 aliphatic heterocycles. The second-order valence-corrected chi connectivity index (χ2v) is 5.84. The highest BCUT2D eigenvalue weighted by Gasteiger charge is 2.37. The largest absolute Gasteiger partial charge is 0.497 e. The van der Waals surface area contributed by atoms with Gasteiger partial charge in [0.2, 0.25) is 0 Å². The highest BCUT2D eigenvalue weighted by Crippen LogP contribution is 2.37. The van der Waals surface area contributed by atoms with E-state index in [1.807, 2.05) is 5.32 Å². The number of alkyl halides is 6. The lowest BCUT2D eigenvalue weighted by atomic mass is 10.1. The quantitative estimate of drug-likeness (QED) is 0.533. The molecular weight excluding hydrogens is 410 g/mol. The minimum absolute atomic E-state index is 0.0392. The minimum Gasteiger partial charge on any atom is -0.497 e. The topological polar surface area (TPSA) is 50.4 Å². The first-order chi connectivity index (χ1) is 12.9. The molecule has 0 spiro atoms. The van der Waals surface area contributed by atoms with Gasteiger partial charge < -0.3 is 15.4 Å². The van der Waals surface area contributed by atoms with Gasteiger partial charge in [-0.2, -0.15) is 26.3 Å². The Kier molecular flexibility index (Phi) is 6.17. The number of benzene rings is 2. The molecule has 0 heterocycles. The summed E-state index contributed by atoms with van der Waals surface area (Å²) in [5, 5.41) is 4.46. The summed E-state index contributed by atoms with van der Waals surface area (Å²) in [5.74, 6) is -0.633. The Balaban J connectivity index is 2.23. The van der Waals surface area contributed by atoms with E-state index in [0.29, 0.717) is 23.6 Å². The summed E-state index contributed by atoms with van der Waals surface area (Å²) >= 11 is 4.84. The molecule has 0 radical (unpaired) electrons. The van der Waals surface area contributed by atoms with E-state index < -0.39 is 40.1 Å². The monoisotopic (exact) mass is 422 g/mol. The van der Waals surface area contributed by atoms with Crippen molar-refractivity contribution in [3.05, 3.63) is 53.6 Å². The third kappa shape index (κ3) is 5.59. The zero-order valence-corrected chi connectivity index (χ0v) is 14.9. The molecule has 0 aliphatic rings. The molecule has 4 nitrogen and oxygen atoms in total. The van der Waals surface area contributed by atoms with Crippen LogP contribution in [-0.2, 0) is 17.1 Å². The van der Waals surface area contributed by atoms with Crippen molar-refractivity contribution in [2.45, 2.75) is 12.4 Å². The van der Waals surface area contributed by atoms with E-state index in [0.717, 1.165) is 0 Å². The molecule has 0 saturated carbocycles. The predicted molar refractivity (Wildman–Crippen MR) is 94.3 cm³/mol. The number of halogens is 6. The Labute approximate surface area is 160 Å². The van der Waals surface area contributed by atoms with Gasteiger partial charge in [-0.1, -0.05) is 18.3 Å². The lowest BCUT2D eigenvalue weighted by molar-refractivity contribution is -0.143. The molecule has 2 aromatic carbocycles. The Morgan fingerprint density at radius 1 is 0.893 bits per heavy atom. The maximum atomic E-state index is 12.9. The van der Waals surface area contributed by atoms with Crippen LogP contribution in [0, 0.1) is 0 Å². The van der Waals surface area contributed by atoms with Crippen molar-refractivity contribution in [3.8, 4) is 5.75 Å². The van der Waals surface area contributed by atoms with E-state index in [-0.39, 0.29) is 6.07 Å². The van der Waals surface area contributed by atoms with Crippen molar-refractivity contribution >= 4 is 34.5 Å². The van der Waals surface area contributed by atoms with Crippen LogP contribution in [0.15, 0.2) is 42.5 Å². The van der Waals surface area contributed by atoms with Crippen LogP contribution < -0.4 is 15.4 Å². The van der Waals surface area contributed by atoms with E-state index in [9.17, 15) is 31.1 Å². The maximum absolute atomic E-state index is 12.9. The molecule has 11 heteroatoms.